The fourth-order valence-corrected chi connectivity index (χ4v) is 4.23. The first kappa shape index (κ1) is 20.4. The highest BCUT2D eigenvalue weighted by Gasteiger charge is 2.43. The Balaban J connectivity index is 1.48. The van der Waals surface area contributed by atoms with Crippen molar-refractivity contribution in [2.75, 3.05) is 13.2 Å². The van der Waals surface area contributed by atoms with Crippen molar-refractivity contribution >= 4 is 0 Å². The number of aryl methyl sites for hydroxylation is 1. The fraction of sp³-hybridized carbons (Fsp3) is 0.619. The molecule has 3 aliphatic rings. The molecule has 1 spiro atoms. The molecule has 4 N–H and O–H groups in total. The minimum absolute atomic E-state index is 0.0277. The third-order valence-corrected chi connectivity index (χ3v) is 6.01. The summed E-state index contributed by atoms with van der Waals surface area (Å²) in [6.45, 7) is 3.21. The van der Waals surface area contributed by atoms with E-state index in [0.29, 0.717) is 30.8 Å². The molecule has 0 unspecified atom stereocenters. The van der Waals surface area contributed by atoms with Gasteiger partial charge in [0.1, 0.15) is 30.3 Å². The topological polar surface area (TPSA) is 118 Å². The molecule has 2 aliphatic heterocycles. The Morgan fingerprint density at radius 3 is 2.41 bits per heavy atom. The van der Waals surface area contributed by atoms with Gasteiger partial charge in [-0.1, -0.05) is 12.1 Å². The van der Waals surface area contributed by atoms with Crippen LogP contribution in [0.2, 0.25) is 0 Å². The third-order valence-electron chi connectivity index (χ3n) is 6.01. The van der Waals surface area contributed by atoms with Gasteiger partial charge in [-0.05, 0) is 37.0 Å². The molecular formula is C21H28O8. The fourth-order valence-electron chi connectivity index (χ4n) is 4.23. The molecule has 2 saturated heterocycles. The van der Waals surface area contributed by atoms with Crippen LogP contribution in [-0.2, 0) is 14.2 Å². The van der Waals surface area contributed by atoms with Crippen molar-refractivity contribution in [2.24, 2.45) is 0 Å². The lowest BCUT2D eigenvalue weighted by molar-refractivity contribution is -0.186. The summed E-state index contributed by atoms with van der Waals surface area (Å²) in [5.74, 6) is 0.0356. The maximum atomic E-state index is 10.4. The molecule has 2 heterocycles. The van der Waals surface area contributed by atoms with Gasteiger partial charge in [-0.25, -0.2) is 0 Å². The van der Waals surface area contributed by atoms with Crippen LogP contribution in [0.3, 0.4) is 0 Å². The third kappa shape index (κ3) is 3.95. The highest BCUT2D eigenvalue weighted by molar-refractivity contribution is 5.38. The maximum Gasteiger partial charge on any atom is 0.168 e. The second kappa shape index (κ2) is 8.12. The quantitative estimate of drug-likeness (QED) is 0.557. The molecule has 8 nitrogen and oxygen atoms in total. The molecule has 4 rings (SSSR count). The lowest BCUT2D eigenvalue weighted by Gasteiger charge is -2.37. The molecule has 1 aromatic rings. The Morgan fingerprint density at radius 2 is 1.76 bits per heavy atom. The summed E-state index contributed by atoms with van der Waals surface area (Å²) < 4.78 is 23.3. The van der Waals surface area contributed by atoms with Gasteiger partial charge in [0.2, 0.25) is 0 Å². The Bertz CT molecular complexity index is 747. The van der Waals surface area contributed by atoms with E-state index >= 15 is 0 Å². The summed E-state index contributed by atoms with van der Waals surface area (Å²) in [6, 6.07) is 5.40. The minimum atomic E-state index is -1.48. The highest BCUT2D eigenvalue weighted by Crippen LogP contribution is 2.39. The molecule has 4 atom stereocenters. The number of rotatable bonds is 3. The van der Waals surface area contributed by atoms with E-state index < -0.39 is 30.2 Å². The lowest BCUT2D eigenvalue weighted by Crippen LogP contribution is -2.47. The van der Waals surface area contributed by atoms with Gasteiger partial charge < -0.3 is 39.4 Å². The average Bonchev–Trinajstić information content (AvgIpc) is 3.18. The highest BCUT2D eigenvalue weighted by atomic mass is 16.7. The van der Waals surface area contributed by atoms with Crippen molar-refractivity contribution < 1.29 is 39.4 Å². The normalized spacial score (nSPS) is 33.7. The van der Waals surface area contributed by atoms with Crippen LogP contribution in [0.25, 0.3) is 0 Å². The van der Waals surface area contributed by atoms with E-state index in [1.807, 2.05) is 13.0 Å². The van der Waals surface area contributed by atoms with Crippen molar-refractivity contribution in [3.05, 3.63) is 41.3 Å². The second-order valence-electron chi connectivity index (χ2n) is 7.95. The SMILES string of the molecule is Cc1ccc([C@@H]2O/C(=C\O)[C@@H](O)[C@H](O)[C@H]2O)cc1OC1CCC2(CC1)OCCO2. The van der Waals surface area contributed by atoms with Crippen molar-refractivity contribution in [1.82, 2.24) is 0 Å². The first-order chi connectivity index (χ1) is 13.9. The predicted molar refractivity (Wildman–Crippen MR) is 101 cm³/mol. The van der Waals surface area contributed by atoms with Crippen LogP contribution in [0, 0.1) is 6.92 Å². The molecule has 0 bridgehead atoms. The Morgan fingerprint density at radius 1 is 1.07 bits per heavy atom. The maximum absolute atomic E-state index is 10.4. The Labute approximate surface area is 169 Å². The van der Waals surface area contributed by atoms with Gasteiger partial charge in [-0.2, -0.15) is 0 Å². The van der Waals surface area contributed by atoms with E-state index in [1.54, 1.807) is 12.1 Å². The molecular weight excluding hydrogens is 380 g/mol. The van der Waals surface area contributed by atoms with Crippen LogP contribution in [0.15, 0.2) is 30.2 Å². The van der Waals surface area contributed by atoms with E-state index in [0.717, 1.165) is 31.2 Å². The summed E-state index contributed by atoms with van der Waals surface area (Å²) in [5.41, 5.74) is 1.52. The number of hydrogen-bond acceptors (Lipinski definition) is 8. The molecule has 1 aromatic carbocycles. The van der Waals surface area contributed by atoms with Gasteiger partial charge in [0.25, 0.3) is 0 Å². The van der Waals surface area contributed by atoms with Gasteiger partial charge in [0, 0.05) is 12.8 Å². The van der Waals surface area contributed by atoms with Crippen molar-refractivity contribution in [3.8, 4) is 5.75 Å². The molecule has 29 heavy (non-hydrogen) atoms. The molecule has 160 valence electrons. The first-order valence-corrected chi connectivity index (χ1v) is 10.0. The summed E-state index contributed by atoms with van der Waals surface area (Å²) in [6.07, 6.45) is -1.42. The van der Waals surface area contributed by atoms with Crippen LogP contribution in [0.1, 0.15) is 42.9 Å². The molecule has 0 radical (unpaired) electrons. The number of ether oxygens (including phenoxy) is 4. The zero-order valence-electron chi connectivity index (χ0n) is 16.4. The van der Waals surface area contributed by atoms with E-state index in [1.165, 1.54) is 0 Å². The molecule has 1 saturated carbocycles. The molecule has 1 aliphatic carbocycles. The van der Waals surface area contributed by atoms with Crippen LogP contribution in [-0.4, -0.2) is 63.8 Å². The standard InChI is InChI=1S/C21H28O8/c1-12-2-3-13(20-19(25)18(24)17(23)16(11-22)29-20)10-15(12)28-14-4-6-21(7-5-14)26-8-9-27-21/h2-3,10-11,14,17-20,22-25H,4-9H2,1H3/b16-11-/t17-,18+,19-,20+/m1/s1. The zero-order valence-corrected chi connectivity index (χ0v) is 16.4. The lowest BCUT2D eigenvalue weighted by atomic mass is 9.91. The van der Waals surface area contributed by atoms with Crippen LogP contribution in [0.4, 0.5) is 0 Å². The zero-order chi connectivity index (χ0) is 20.6. The first-order valence-electron chi connectivity index (χ1n) is 10.0. The minimum Gasteiger partial charge on any atom is -0.512 e. The summed E-state index contributed by atoms with van der Waals surface area (Å²) in [5, 5.41) is 39.6. The Hall–Kier alpha value is -1.84. The van der Waals surface area contributed by atoms with Crippen molar-refractivity contribution in [1.29, 1.82) is 0 Å². The van der Waals surface area contributed by atoms with Gasteiger partial charge in [-0.15, -0.1) is 0 Å². The van der Waals surface area contributed by atoms with E-state index in [9.17, 15) is 20.4 Å². The van der Waals surface area contributed by atoms with Gasteiger partial charge in [-0.3, -0.25) is 0 Å². The van der Waals surface area contributed by atoms with Gasteiger partial charge in [0.05, 0.1) is 19.3 Å². The van der Waals surface area contributed by atoms with Crippen molar-refractivity contribution in [2.45, 2.75) is 68.9 Å². The molecule has 3 fully saturated rings. The smallest absolute Gasteiger partial charge is 0.168 e. The summed E-state index contributed by atoms with van der Waals surface area (Å²) in [4.78, 5) is 0. The number of benzene rings is 1. The average molecular weight is 408 g/mol. The Kier molecular flexibility index (Phi) is 5.72. The number of aliphatic hydroxyl groups excluding tert-OH is 4. The summed E-state index contributed by atoms with van der Waals surface area (Å²) in [7, 11) is 0. The van der Waals surface area contributed by atoms with E-state index in [-0.39, 0.29) is 11.9 Å². The van der Waals surface area contributed by atoms with Crippen molar-refractivity contribution in [3.63, 3.8) is 0 Å². The van der Waals surface area contributed by atoms with Gasteiger partial charge in [0.15, 0.2) is 17.7 Å². The number of aliphatic hydroxyl groups is 4. The predicted octanol–water partition coefficient (Wildman–Crippen LogP) is 1.61. The van der Waals surface area contributed by atoms with Crippen LogP contribution >= 0.6 is 0 Å². The van der Waals surface area contributed by atoms with Crippen LogP contribution in [0.5, 0.6) is 5.75 Å². The van der Waals surface area contributed by atoms with E-state index in [2.05, 4.69) is 0 Å². The van der Waals surface area contributed by atoms with Crippen LogP contribution < -0.4 is 4.74 Å². The molecule has 0 aromatic heterocycles. The second-order valence-corrected chi connectivity index (χ2v) is 7.95. The van der Waals surface area contributed by atoms with E-state index in [4.69, 9.17) is 18.9 Å². The molecule has 8 heteroatoms. The number of hydrogen-bond donors (Lipinski definition) is 4. The monoisotopic (exact) mass is 408 g/mol. The largest absolute Gasteiger partial charge is 0.512 e. The summed E-state index contributed by atoms with van der Waals surface area (Å²) >= 11 is 0. The van der Waals surface area contributed by atoms with Gasteiger partial charge >= 0.3 is 0 Å². The molecule has 0 amide bonds.